The van der Waals surface area contributed by atoms with Gasteiger partial charge >= 0.3 is 0 Å². The number of nitrogens with zero attached hydrogens (tertiary/aromatic N) is 2. The first-order chi connectivity index (χ1) is 10.1. The molecular weight excluding hydrogens is 268 g/mol. The number of ether oxygens (including phenoxy) is 1. The number of amides is 1. The van der Waals surface area contributed by atoms with Gasteiger partial charge in [0.25, 0.3) is 0 Å². The molecule has 1 atom stereocenters. The van der Waals surface area contributed by atoms with Crippen molar-refractivity contribution in [2.24, 2.45) is 11.7 Å². The fourth-order valence-electron chi connectivity index (χ4n) is 2.15. The van der Waals surface area contributed by atoms with E-state index in [1.807, 2.05) is 26.0 Å². The van der Waals surface area contributed by atoms with Crippen LogP contribution in [0.25, 0.3) is 0 Å². The lowest BCUT2D eigenvalue weighted by molar-refractivity contribution is -0.123. The fraction of sp³-hybridized carbons (Fsp3) is 0.600. The van der Waals surface area contributed by atoms with Gasteiger partial charge in [-0.2, -0.15) is 0 Å². The zero-order valence-electron chi connectivity index (χ0n) is 12.7. The van der Waals surface area contributed by atoms with Crippen molar-refractivity contribution in [2.75, 3.05) is 31.2 Å². The van der Waals surface area contributed by atoms with E-state index in [9.17, 15) is 4.79 Å². The number of hydrogen-bond donors (Lipinski definition) is 2. The molecule has 1 aromatic heterocycles. The van der Waals surface area contributed by atoms with Crippen LogP contribution in [0.2, 0.25) is 0 Å². The molecule has 116 valence electrons. The third-order valence-electron chi connectivity index (χ3n) is 3.63. The van der Waals surface area contributed by atoms with Crippen molar-refractivity contribution in [1.29, 1.82) is 0 Å². The quantitative estimate of drug-likeness (QED) is 0.827. The number of hydrogen-bond acceptors (Lipinski definition) is 5. The molecule has 6 heteroatoms. The van der Waals surface area contributed by atoms with Gasteiger partial charge in [0.05, 0.1) is 19.3 Å². The van der Waals surface area contributed by atoms with Gasteiger partial charge in [-0.3, -0.25) is 4.79 Å². The molecule has 0 unspecified atom stereocenters. The molecular formula is C15H24N4O2. The molecule has 1 amide bonds. The second kappa shape index (κ2) is 7.38. The number of pyridine rings is 1. The maximum absolute atomic E-state index is 11.9. The highest BCUT2D eigenvalue weighted by molar-refractivity contribution is 5.81. The summed E-state index contributed by atoms with van der Waals surface area (Å²) in [6, 6.07) is 3.45. The minimum Gasteiger partial charge on any atom is -0.378 e. The second-order valence-electron chi connectivity index (χ2n) is 5.61. The highest BCUT2D eigenvalue weighted by Crippen LogP contribution is 2.14. The Morgan fingerprint density at radius 1 is 1.48 bits per heavy atom. The lowest BCUT2D eigenvalue weighted by Crippen LogP contribution is -2.43. The van der Waals surface area contributed by atoms with E-state index < -0.39 is 6.04 Å². The number of carbonyl (C=O) groups excluding carboxylic acids is 1. The molecule has 0 radical (unpaired) electrons. The van der Waals surface area contributed by atoms with Crippen molar-refractivity contribution in [3.05, 3.63) is 23.9 Å². The van der Waals surface area contributed by atoms with Crippen LogP contribution in [-0.4, -0.2) is 43.2 Å². The normalized spacial score (nSPS) is 16.9. The number of nitrogens with one attached hydrogen (secondary N) is 1. The first-order valence-electron chi connectivity index (χ1n) is 7.39. The Balaban J connectivity index is 1.93. The average Bonchev–Trinajstić information content (AvgIpc) is 2.53. The van der Waals surface area contributed by atoms with Gasteiger partial charge in [-0.15, -0.1) is 0 Å². The van der Waals surface area contributed by atoms with Gasteiger partial charge in [0.1, 0.15) is 5.82 Å². The van der Waals surface area contributed by atoms with Crippen LogP contribution in [0.3, 0.4) is 0 Å². The summed E-state index contributed by atoms with van der Waals surface area (Å²) in [4.78, 5) is 18.4. The molecule has 0 bridgehead atoms. The number of nitrogens with two attached hydrogens (primary N) is 1. The molecule has 0 aromatic carbocycles. The lowest BCUT2D eigenvalue weighted by atomic mass is 10.1. The Labute approximate surface area is 125 Å². The van der Waals surface area contributed by atoms with Crippen molar-refractivity contribution in [1.82, 2.24) is 10.3 Å². The van der Waals surface area contributed by atoms with Crippen LogP contribution in [-0.2, 0) is 16.1 Å². The van der Waals surface area contributed by atoms with Crippen LogP contribution < -0.4 is 16.0 Å². The van der Waals surface area contributed by atoms with E-state index >= 15 is 0 Å². The molecule has 0 spiro atoms. The van der Waals surface area contributed by atoms with Crippen LogP contribution in [0.1, 0.15) is 19.4 Å². The summed E-state index contributed by atoms with van der Waals surface area (Å²) in [6.07, 6.45) is 1.77. The van der Waals surface area contributed by atoms with E-state index in [-0.39, 0.29) is 11.8 Å². The molecule has 1 aliphatic rings. The molecule has 1 aliphatic heterocycles. The van der Waals surface area contributed by atoms with E-state index in [0.29, 0.717) is 6.54 Å². The molecule has 0 saturated carbocycles. The number of morpholine rings is 1. The van der Waals surface area contributed by atoms with Crippen LogP contribution in [0, 0.1) is 5.92 Å². The summed E-state index contributed by atoms with van der Waals surface area (Å²) in [6.45, 7) is 7.50. The van der Waals surface area contributed by atoms with Crippen LogP contribution in [0.15, 0.2) is 18.3 Å². The van der Waals surface area contributed by atoms with Crippen molar-refractivity contribution in [3.63, 3.8) is 0 Å². The molecule has 0 aliphatic carbocycles. The molecule has 2 heterocycles. The average molecular weight is 292 g/mol. The highest BCUT2D eigenvalue weighted by atomic mass is 16.5. The first-order valence-corrected chi connectivity index (χ1v) is 7.39. The third kappa shape index (κ3) is 4.41. The predicted molar refractivity (Wildman–Crippen MR) is 81.9 cm³/mol. The van der Waals surface area contributed by atoms with Crippen LogP contribution >= 0.6 is 0 Å². The van der Waals surface area contributed by atoms with Crippen molar-refractivity contribution in [2.45, 2.75) is 26.4 Å². The summed E-state index contributed by atoms with van der Waals surface area (Å²) >= 11 is 0. The molecule has 21 heavy (non-hydrogen) atoms. The Kier molecular flexibility index (Phi) is 5.52. The minimum atomic E-state index is -0.467. The van der Waals surface area contributed by atoms with E-state index in [1.165, 1.54) is 0 Å². The summed E-state index contributed by atoms with van der Waals surface area (Å²) in [7, 11) is 0. The number of anilines is 1. The van der Waals surface area contributed by atoms with Crippen molar-refractivity contribution >= 4 is 11.7 Å². The van der Waals surface area contributed by atoms with E-state index in [4.69, 9.17) is 10.5 Å². The summed E-state index contributed by atoms with van der Waals surface area (Å²) in [5, 5.41) is 2.88. The molecule has 1 saturated heterocycles. The highest BCUT2D eigenvalue weighted by Gasteiger charge is 2.17. The zero-order chi connectivity index (χ0) is 15.2. The van der Waals surface area contributed by atoms with Crippen molar-refractivity contribution < 1.29 is 9.53 Å². The van der Waals surface area contributed by atoms with Gasteiger partial charge < -0.3 is 20.7 Å². The Hall–Kier alpha value is -1.66. The Bertz CT molecular complexity index is 472. The second-order valence-corrected chi connectivity index (χ2v) is 5.61. The summed E-state index contributed by atoms with van der Waals surface area (Å²) in [5.41, 5.74) is 6.85. The summed E-state index contributed by atoms with van der Waals surface area (Å²) < 4.78 is 5.34. The van der Waals surface area contributed by atoms with Gasteiger partial charge in [0.15, 0.2) is 0 Å². The Morgan fingerprint density at radius 3 is 2.86 bits per heavy atom. The van der Waals surface area contributed by atoms with Crippen LogP contribution in [0.4, 0.5) is 5.82 Å². The maximum Gasteiger partial charge on any atom is 0.237 e. The molecule has 6 nitrogen and oxygen atoms in total. The van der Waals surface area contributed by atoms with Gasteiger partial charge in [-0.05, 0) is 23.6 Å². The monoisotopic (exact) mass is 292 g/mol. The maximum atomic E-state index is 11.9. The Morgan fingerprint density at radius 2 is 2.19 bits per heavy atom. The SMILES string of the molecule is CC(C)[C@H](N)C(=O)NCc1ccnc(N2CCOCC2)c1. The van der Waals surface area contributed by atoms with E-state index in [1.54, 1.807) is 6.20 Å². The van der Waals surface area contributed by atoms with E-state index in [0.717, 1.165) is 37.7 Å². The predicted octanol–water partition coefficient (Wildman–Crippen LogP) is 0.518. The van der Waals surface area contributed by atoms with Crippen LogP contribution in [0.5, 0.6) is 0 Å². The zero-order valence-corrected chi connectivity index (χ0v) is 12.7. The molecule has 1 fully saturated rings. The number of aromatic nitrogens is 1. The topological polar surface area (TPSA) is 80.5 Å². The lowest BCUT2D eigenvalue weighted by Gasteiger charge is -2.28. The van der Waals surface area contributed by atoms with E-state index in [2.05, 4.69) is 15.2 Å². The fourth-order valence-corrected chi connectivity index (χ4v) is 2.15. The summed E-state index contributed by atoms with van der Waals surface area (Å²) in [5.74, 6) is 0.944. The molecule has 2 rings (SSSR count). The standard InChI is InChI=1S/C15H24N4O2/c1-11(2)14(16)15(20)18-10-12-3-4-17-13(9-12)19-5-7-21-8-6-19/h3-4,9,11,14H,5-8,10,16H2,1-2H3,(H,18,20)/t14-/m0/s1. The minimum absolute atomic E-state index is 0.116. The largest absolute Gasteiger partial charge is 0.378 e. The van der Waals surface area contributed by atoms with Gasteiger partial charge in [-0.25, -0.2) is 4.98 Å². The molecule has 3 N–H and O–H groups in total. The number of rotatable bonds is 5. The van der Waals surface area contributed by atoms with Gasteiger partial charge in [-0.1, -0.05) is 13.8 Å². The van der Waals surface area contributed by atoms with Crippen molar-refractivity contribution in [3.8, 4) is 0 Å². The first kappa shape index (κ1) is 15.7. The number of carbonyl (C=O) groups is 1. The van der Waals surface area contributed by atoms with Gasteiger partial charge in [0.2, 0.25) is 5.91 Å². The molecule has 1 aromatic rings. The smallest absolute Gasteiger partial charge is 0.237 e. The third-order valence-corrected chi connectivity index (χ3v) is 3.63. The van der Waals surface area contributed by atoms with Gasteiger partial charge in [0, 0.05) is 25.8 Å².